The van der Waals surface area contributed by atoms with Gasteiger partial charge in [0.05, 0.1) is 24.3 Å². The van der Waals surface area contributed by atoms with E-state index in [-0.39, 0.29) is 11.8 Å². The number of carbonyl (C=O) groups excluding carboxylic acids is 1. The Bertz CT molecular complexity index is 1240. The molecular formula is C24H25N7OS. The summed E-state index contributed by atoms with van der Waals surface area (Å²) in [5, 5.41) is 17.7. The minimum atomic E-state index is -0.423. The first-order chi connectivity index (χ1) is 16.0. The van der Waals surface area contributed by atoms with E-state index < -0.39 is 6.04 Å². The molecule has 3 aromatic rings. The quantitative estimate of drug-likeness (QED) is 0.596. The predicted octanol–water partition coefficient (Wildman–Crippen LogP) is 3.48. The summed E-state index contributed by atoms with van der Waals surface area (Å²) in [7, 11) is 0. The highest BCUT2D eigenvalue weighted by Crippen LogP contribution is 2.31. The van der Waals surface area contributed by atoms with Gasteiger partial charge >= 0.3 is 0 Å². The second-order valence-corrected chi connectivity index (χ2v) is 9.68. The van der Waals surface area contributed by atoms with Crippen molar-refractivity contribution in [3.63, 3.8) is 0 Å². The number of para-hydroxylation sites is 1. The molecule has 168 valence electrons. The predicted molar refractivity (Wildman–Crippen MR) is 128 cm³/mol. The zero-order valence-electron chi connectivity index (χ0n) is 18.6. The molecule has 0 aliphatic carbocycles. The Kier molecular flexibility index (Phi) is 5.89. The van der Waals surface area contributed by atoms with E-state index in [1.165, 1.54) is 11.9 Å². The molecule has 0 radical (unpaired) electrons. The minimum Gasteiger partial charge on any atom is -0.358 e. The molecule has 9 heteroatoms. The van der Waals surface area contributed by atoms with E-state index in [1.807, 2.05) is 72.4 Å². The van der Waals surface area contributed by atoms with Crippen LogP contribution in [-0.4, -0.2) is 56.0 Å². The highest BCUT2D eigenvalue weighted by atomic mass is 32.2. The zero-order valence-corrected chi connectivity index (χ0v) is 19.4. The fourth-order valence-electron chi connectivity index (χ4n) is 4.17. The first-order valence-corrected chi connectivity index (χ1v) is 11.8. The number of hydrogen-bond donors (Lipinski definition) is 1. The van der Waals surface area contributed by atoms with Gasteiger partial charge in [0.15, 0.2) is 0 Å². The van der Waals surface area contributed by atoms with Gasteiger partial charge < -0.3 is 5.32 Å². The molecular weight excluding hydrogens is 434 g/mol. The van der Waals surface area contributed by atoms with Gasteiger partial charge in [-0.1, -0.05) is 38.1 Å². The molecule has 1 aromatic heterocycles. The molecule has 5 rings (SSSR count). The van der Waals surface area contributed by atoms with E-state index in [2.05, 4.69) is 15.7 Å². The van der Waals surface area contributed by atoms with Gasteiger partial charge in [-0.2, -0.15) is 5.26 Å². The number of rotatable bonds is 3. The van der Waals surface area contributed by atoms with Gasteiger partial charge in [-0.15, -0.1) is 0 Å². The number of amides is 1. The van der Waals surface area contributed by atoms with Gasteiger partial charge in [0.1, 0.15) is 23.8 Å². The number of hydrogen-bond acceptors (Lipinski definition) is 8. The number of aromatic nitrogens is 2. The fraction of sp³-hybridized carbons (Fsp3) is 0.333. The molecule has 2 aromatic carbocycles. The molecule has 2 aliphatic heterocycles. The maximum atomic E-state index is 13.8. The molecule has 1 fully saturated rings. The number of nitriles is 1. The molecule has 0 spiro atoms. The number of anilines is 1. The second kappa shape index (κ2) is 8.98. The standard InChI is InChI=1S/C24H25N7OS/c1-16(2)22-24(32)31-15-30(33-20-10-6-3-7-17(20)13-25)12-11-29(31)14-21-26-19-9-5-4-8-18(19)23(27-21)28-22/h3-10,16,22H,11-12,14-15H2,1-2H3,(H,26,27,28). The van der Waals surface area contributed by atoms with E-state index in [1.54, 1.807) is 0 Å². The van der Waals surface area contributed by atoms with E-state index in [4.69, 9.17) is 9.97 Å². The minimum absolute atomic E-state index is 0.0113. The van der Waals surface area contributed by atoms with Crippen LogP contribution < -0.4 is 5.32 Å². The number of nitrogens with one attached hydrogen (secondary N) is 1. The normalized spacial score (nSPS) is 19.4. The van der Waals surface area contributed by atoms with Crippen LogP contribution in [0.15, 0.2) is 53.4 Å². The maximum absolute atomic E-state index is 13.8. The summed E-state index contributed by atoms with van der Waals surface area (Å²) >= 11 is 1.52. The molecule has 3 heterocycles. The molecule has 1 saturated heterocycles. The number of nitrogens with zero attached hydrogens (tertiary/aromatic N) is 6. The van der Waals surface area contributed by atoms with Crippen molar-refractivity contribution in [1.82, 2.24) is 24.3 Å². The summed E-state index contributed by atoms with van der Waals surface area (Å²) in [6, 6.07) is 17.3. The van der Waals surface area contributed by atoms with Gasteiger partial charge in [0.2, 0.25) is 0 Å². The average molecular weight is 460 g/mol. The largest absolute Gasteiger partial charge is 0.358 e. The first kappa shape index (κ1) is 21.6. The number of benzene rings is 2. The maximum Gasteiger partial charge on any atom is 0.260 e. The van der Waals surface area contributed by atoms with Gasteiger partial charge in [-0.3, -0.25) is 9.80 Å². The van der Waals surface area contributed by atoms with Crippen molar-refractivity contribution < 1.29 is 4.79 Å². The molecule has 8 nitrogen and oxygen atoms in total. The third-order valence-corrected chi connectivity index (χ3v) is 7.04. The fourth-order valence-corrected chi connectivity index (χ4v) is 5.14. The third-order valence-electron chi connectivity index (χ3n) is 5.93. The molecule has 1 unspecified atom stereocenters. The van der Waals surface area contributed by atoms with Crippen LogP contribution in [0.5, 0.6) is 0 Å². The highest BCUT2D eigenvalue weighted by molar-refractivity contribution is 7.97. The molecule has 1 N–H and O–H groups in total. The lowest BCUT2D eigenvalue weighted by Gasteiger charge is -2.44. The lowest BCUT2D eigenvalue weighted by molar-refractivity contribution is -0.162. The summed E-state index contributed by atoms with van der Waals surface area (Å²) in [5.41, 5.74) is 1.51. The van der Waals surface area contributed by atoms with Crippen molar-refractivity contribution in [2.75, 3.05) is 25.1 Å². The molecule has 2 bridgehead atoms. The van der Waals surface area contributed by atoms with Crippen LogP contribution in [0.25, 0.3) is 10.9 Å². The Labute approximate surface area is 197 Å². The van der Waals surface area contributed by atoms with Crippen LogP contribution in [0.2, 0.25) is 0 Å². The SMILES string of the molecule is CC(C)C1Nc2nc(nc3ccccc23)CN2CCN(Sc3ccccc3C#N)CN2C1=O. The first-order valence-electron chi connectivity index (χ1n) is 11.0. The van der Waals surface area contributed by atoms with E-state index >= 15 is 0 Å². The Hall–Kier alpha value is -3.19. The van der Waals surface area contributed by atoms with Crippen LogP contribution in [-0.2, 0) is 11.3 Å². The van der Waals surface area contributed by atoms with Crippen molar-refractivity contribution in [2.45, 2.75) is 31.3 Å². The van der Waals surface area contributed by atoms with Crippen LogP contribution in [0, 0.1) is 17.2 Å². The number of hydrazine groups is 1. The Balaban J connectivity index is 1.47. The van der Waals surface area contributed by atoms with Crippen molar-refractivity contribution in [2.24, 2.45) is 5.92 Å². The highest BCUT2D eigenvalue weighted by Gasteiger charge is 2.37. The molecule has 33 heavy (non-hydrogen) atoms. The Morgan fingerprint density at radius 2 is 1.91 bits per heavy atom. The zero-order chi connectivity index (χ0) is 22.9. The van der Waals surface area contributed by atoms with Crippen LogP contribution in [0.3, 0.4) is 0 Å². The molecule has 0 saturated carbocycles. The Morgan fingerprint density at radius 3 is 2.73 bits per heavy atom. The lowest BCUT2D eigenvalue weighted by Crippen LogP contribution is -2.60. The summed E-state index contributed by atoms with van der Waals surface area (Å²) in [4.78, 5) is 24.2. The summed E-state index contributed by atoms with van der Waals surface area (Å²) in [6.07, 6.45) is 0. The van der Waals surface area contributed by atoms with Gasteiger partial charge in [0.25, 0.3) is 5.91 Å². The lowest BCUT2D eigenvalue weighted by atomic mass is 10.0. The van der Waals surface area contributed by atoms with E-state index in [0.29, 0.717) is 37.0 Å². The second-order valence-electron chi connectivity index (χ2n) is 8.54. The summed E-state index contributed by atoms with van der Waals surface area (Å²) < 4.78 is 2.13. The molecule has 2 aliphatic rings. The van der Waals surface area contributed by atoms with Crippen LogP contribution in [0.1, 0.15) is 25.2 Å². The van der Waals surface area contributed by atoms with Crippen molar-refractivity contribution in [3.05, 3.63) is 59.9 Å². The third kappa shape index (κ3) is 4.25. The summed E-state index contributed by atoms with van der Waals surface area (Å²) in [6.45, 7) is 6.37. The molecule has 1 amide bonds. The smallest absolute Gasteiger partial charge is 0.260 e. The van der Waals surface area contributed by atoms with Crippen molar-refractivity contribution >= 4 is 34.6 Å². The van der Waals surface area contributed by atoms with E-state index in [0.717, 1.165) is 22.3 Å². The monoisotopic (exact) mass is 459 g/mol. The average Bonchev–Trinajstić information content (AvgIpc) is 2.87. The van der Waals surface area contributed by atoms with Gasteiger partial charge in [0, 0.05) is 23.4 Å². The number of fused-ring (bicyclic) bond motifs is 5. The molecule has 1 atom stereocenters. The van der Waals surface area contributed by atoms with Gasteiger partial charge in [-0.25, -0.2) is 19.3 Å². The topological polar surface area (TPSA) is 88.4 Å². The van der Waals surface area contributed by atoms with Crippen molar-refractivity contribution in [1.29, 1.82) is 5.26 Å². The van der Waals surface area contributed by atoms with Crippen molar-refractivity contribution in [3.8, 4) is 6.07 Å². The summed E-state index contributed by atoms with van der Waals surface area (Å²) in [5.74, 6) is 1.47. The number of carbonyl (C=O) groups is 1. The Morgan fingerprint density at radius 1 is 1.12 bits per heavy atom. The van der Waals surface area contributed by atoms with Gasteiger partial charge in [-0.05, 0) is 42.1 Å². The van der Waals surface area contributed by atoms with Crippen LogP contribution in [0.4, 0.5) is 5.82 Å². The van der Waals surface area contributed by atoms with Crippen LogP contribution >= 0.6 is 11.9 Å². The van der Waals surface area contributed by atoms with E-state index in [9.17, 15) is 10.1 Å².